The monoisotopic (exact) mass is 308 g/mol. The maximum atomic E-state index is 12.3. The second-order valence-electron chi connectivity index (χ2n) is 4.51. The minimum Gasteiger partial charge on any atom is -0.397 e. The van der Waals surface area contributed by atoms with E-state index in [2.05, 4.69) is 0 Å². The summed E-state index contributed by atoms with van der Waals surface area (Å²) >= 11 is 11.8. The summed E-state index contributed by atoms with van der Waals surface area (Å²) in [7, 11) is 1.73. The number of anilines is 1. The Kier molecular flexibility index (Phi) is 4.53. The SMILES string of the molecule is CN(Cc1ccccc1)C(=O)c1cc(N)c(Cl)c(Cl)c1. The first-order valence-electron chi connectivity index (χ1n) is 6.03. The minimum atomic E-state index is -0.154. The molecule has 0 radical (unpaired) electrons. The lowest BCUT2D eigenvalue weighted by Crippen LogP contribution is -2.26. The standard InChI is InChI=1S/C15H14Cl2N2O/c1-19(9-10-5-3-2-4-6-10)15(20)11-7-12(16)14(17)13(18)8-11/h2-8H,9,18H2,1H3. The van der Waals surface area contributed by atoms with Gasteiger partial charge in [0.05, 0.1) is 15.7 Å². The smallest absolute Gasteiger partial charge is 0.254 e. The normalized spacial score (nSPS) is 10.3. The average Bonchev–Trinajstić information content (AvgIpc) is 2.44. The van der Waals surface area contributed by atoms with Gasteiger partial charge in [-0.25, -0.2) is 0 Å². The van der Waals surface area contributed by atoms with Crippen molar-refractivity contribution in [2.24, 2.45) is 0 Å². The second-order valence-corrected chi connectivity index (χ2v) is 5.29. The molecular formula is C15H14Cl2N2O. The van der Waals surface area contributed by atoms with Gasteiger partial charge in [-0.2, -0.15) is 0 Å². The molecule has 0 atom stereocenters. The number of benzene rings is 2. The molecule has 0 aliphatic carbocycles. The highest BCUT2D eigenvalue weighted by molar-refractivity contribution is 6.43. The highest BCUT2D eigenvalue weighted by Gasteiger charge is 2.15. The summed E-state index contributed by atoms with van der Waals surface area (Å²) in [6, 6.07) is 12.8. The van der Waals surface area contributed by atoms with Crippen molar-refractivity contribution in [2.45, 2.75) is 6.54 Å². The molecule has 0 heterocycles. The molecule has 2 aromatic rings. The Morgan fingerprint density at radius 2 is 1.85 bits per heavy atom. The molecule has 0 saturated heterocycles. The molecule has 0 bridgehead atoms. The van der Waals surface area contributed by atoms with Crippen LogP contribution in [0.1, 0.15) is 15.9 Å². The van der Waals surface area contributed by atoms with Gasteiger partial charge in [-0.1, -0.05) is 53.5 Å². The second kappa shape index (κ2) is 6.16. The Labute approximate surface area is 127 Å². The number of carbonyl (C=O) groups excluding carboxylic acids is 1. The maximum absolute atomic E-state index is 12.3. The van der Waals surface area contributed by atoms with Crippen molar-refractivity contribution < 1.29 is 4.79 Å². The summed E-state index contributed by atoms with van der Waals surface area (Å²) in [4.78, 5) is 13.9. The molecule has 20 heavy (non-hydrogen) atoms. The van der Waals surface area contributed by atoms with Gasteiger partial charge in [0.1, 0.15) is 0 Å². The number of rotatable bonds is 3. The number of halogens is 2. The first-order valence-corrected chi connectivity index (χ1v) is 6.78. The number of hydrogen-bond acceptors (Lipinski definition) is 2. The molecule has 2 rings (SSSR count). The predicted molar refractivity (Wildman–Crippen MR) is 83.1 cm³/mol. The van der Waals surface area contributed by atoms with E-state index < -0.39 is 0 Å². The van der Waals surface area contributed by atoms with Gasteiger partial charge in [0.15, 0.2) is 0 Å². The average molecular weight is 309 g/mol. The van der Waals surface area contributed by atoms with Gasteiger partial charge in [0.25, 0.3) is 5.91 Å². The third-order valence-corrected chi connectivity index (χ3v) is 3.73. The van der Waals surface area contributed by atoms with Gasteiger partial charge in [0, 0.05) is 19.2 Å². The van der Waals surface area contributed by atoms with E-state index in [0.29, 0.717) is 17.8 Å². The highest BCUT2D eigenvalue weighted by Crippen LogP contribution is 2.29. The molecule has 0 aliphatic heterocycles. The van der Waals surface area contributed by atoms with Gasteiger partial charge in [-0.05, 0) is 17.7 Å². The largest absolute Gasteiger partial charge is 0.397 e. The lowest BCUT2D eigenvalue weighted by Gasteiger charge is -2.18. The van der Waals surface area contributed by atoms with Crippen molar-refractivity contribution in [3.05, 3.63) is 63.6 Å². The number of carbonyl (C=O) groups is 1. The molecule has 0 saturated carbocycles. The summed E-state index contributed by atoms with van der Waals surface area (Å²) in [5, 5.41) is 0.553. The van der Waals surface area contributed by atoms with E-state index in [4.69, 9.17) is 28.9 Å². The van der Waals surface area contributed by atoms with Crippen LogP contribution in [-0.2, 0) is 6.54 Å². The fourth-order valence-electron chi connectivity index (χ4n) is 1.88. The van der Waals surface area contributed by atoms with Crippen LogP contribution in [0.5, 0.6) is 0 Å². The summed E-state index contributed by atoms with van der Waals surface area (Å²) < 4.78 is 0. The van der Waals surface area contributed by atoms with Crippen LogP contribution in [0.15, 0.2) is 42.5 Å². The number of nitrogens with two attached hydrogens (primary N) is 1. The maximum Gasteiger partial charge on any atom is 0.254 e. The summed E-state index contributed by atoms with van der Waals surface area (Å²) in [5.41, 5.74) is 7.50. The molecule has 2 N–H and O–H groups in total. The number of nitrogens with zero attached hydrogens (tertiary/aromatic N) is 1. The zero-order valence-electron chi connectivity index (χ0n) is 10.9. The van der Waals surface area contributed by atoms with Crippen molar-refractivity contribution >= 4 is 34.8 Å². The lowest BCUT2D eigenvalue weighted by molar-refractivity contribution is 0.0785. The summed E-state index contributed by atoms with van der Waals surface area (Å²) in [6.07, 6.45) is 0. The van der Waals surface area contributed by atoms with Gasteiger partial charge in [-0.15, -0.1) is 0 Å². The Hall–Kier alpha value is -1.71. The van der Waals surface area contributed by atoms with Crippen molar-refractivity contribution in [2.75, 3.05) is 12.8 Å². The van der Waals surface area contributed by atoms with Gasteiger partial charge >= 0.3 is 0 Å². The Morgan fingerprint density at radius 1 is 1.20 bits per heavy atom. The van der Waals surface area contributed by atoms with Crippen LogP contribution in [0.3, 0.4) is 0 Å². The lowest BCUT2D eigenvalue weighted by atomic mass is 10.1. The van der Waals surface area contributed by atoms with Crippen molar-refractivity contribution in [3.8, 4) is 0 Å². The van der Waals surface area contributed by atoms with Crippen LogP contribution in [0, 0.1) is 0 Å². The van der Waals surface area contributed by atoms with Crippen LogP contribution in [-0.4, -0.2) is 17.9 Å². The molecule has 0 aliphatic rings. The molecule has 0 spiro atoms. The topological polar surface area (TPSA) is 46.3 Å². The number of nitrogen functional groups attached to an aromatic ring is 1. The summed E-state index contributed by atoms with van der Waals surface area (Å²) in [6.45, 7) is 0.514. The van der Waals surface area contributed by atoms with E-state index in [0.717, 1.165) is 5.56 Å². The molecule has 5 heteroatoms. The molecule has 0 fully saturated rings. The third kappa shape index (κ3) is 3.24. The zero-order chi connectivity index (χ0) is 14.7. The van der Waals surface area contributed by atoms with Crippen LogP contribution < -0.4 is 5.73 Å². The van der Waals surface area contributed by atoms with Gasteiger partial charge in [0.2, 0.25) is 0 Å². The molecule has 2 aromatic carbocycles. The minimum absolute atomic E-state index is 0.154. The third-order valence-electron chi connectivity index (χ3n) is 2.91. The molecule has 0 aromatic heterocycles. The molecule has 3 nitrogen and oxygen atoms in total. The molecular weight excluding hydrogens is 295 g/mol. The van der Waals surface area contributed by atoms with Crippen molar-refractivity contribution in [1.82, 2.24) is 4.90 Å². The Bertz CT molecular complexity index is 606. The van der Waals surface area contributed by atoms with E-state index in [1.807, 2.05) is 30.3 Å². The van der Waals surface area contributed by atoms with E-state index in [1.54, 1.807) is 11.9 Å². The fourth-order valence-corrected chi connectivity index (χ4v) is 2.22. The van der Waals surface area contributed by atoms with Gasteiger partial charge in [-0.3, -0.25) is 4.79 Å². The van der Waals surface area contributed by atoms with E-state index in [9.17, 15) is 4.79 Å². The predicted octanol–water partition coefficient (Wildman–Crippen LogP) is 3.85. The first kappa shape index (κ1) is 14.7. The highest BCUT2D eigenvalue weighted by atomic mass is 35.5. The zero-order valence-corrected chi connectivity index (χ0v) is 12.4. The quantitative estimate of drug-likeness (QED) is 0.875. The van der Waals surface area contributed by atoms with E-state index >= 15 is 0 Å². The first-order chi connectivity index (χ1) is 9.49. The molecule has 1 amide bonds. The number of amides is 1. The van der Waals surface area contributed by atoms with Crippen molar-refractivity contribution in [3.63, 3.8) is 0 Å². The number of hydrogen-bond donors (Lipinski definition) is 1. The van der Waals surface area contributed by atoms with Crippen LogP contribution in [0.4, 0.5) is 5.69 Å². The van der Waals surface area contributed by atoms with E-state index in [-0.39, 0.29) is 16.0 Å². The fraction of sp³-hybridized carbons (Fsp3) is 0.133. The van der Waals surface area contributed by atoms with E-state index in [1.165, 1.54) is 12.1 Å². The van der Waals surface area contributed by atoms with Crippen LogP contribution >= 0.6 is 23.2 Å². The molecule has 0 unspecified atom stereocenters. The molecule has 104 valence electrons. The van der Waals surface area contributed by atoms with Gasteiger partial charge < -0.3 is 10.6 Å². The summed E-state index contributed by atoms with van der Waals surface area (Å²) in [5.74, 6) is -0.154. The Morgan fingerprint density at radius 3 is 2.45 bits per heavy atom. The van der Waals surface area contributed by atoms with Crippen LogP contribution in [0.25, 0.3) is 0 Å². The van der Waals surface area contributed by atoms with Crippen molar-refractivity contribution in [1.29, 1.82) is 0 Å². The Balaban J connectivity index is 2.19. The van der Waals surface area contributed by atoms with Crippen LogP contribution in [0.2, 0.25) is 10.0 Å².